The molecule has 0 saturated carbocycles. The number of hydrogen-bond donors (Lipinski definition) is 0. The van der Waals surface area contributed by atoms with Crippen LogP contribution in [0.4, 0.5) is 5.69 Å². The molecule has 0 bridgehead atoms. The minimum Gasteiger partial charge on any atom is -0.379 e. The number of amidine groups is 1. The molecule has 2 saturated heterocycles. The van der Waals surface area contributed by atoms with Crippen LogP contribution in [-0.4, -0.2) is 66.0 Å². The van der Waals surface area contributed by atoms with Gasteiger partial charge in [-0.25, -0.2) is 4.99 Å². The highest BCUT2D eigenvalue weighted by Crippen LogP contribution is 2.24. The van der Waals surface area contributed by atoms with Crippen molar-refractivity contribution in [2.75, 3.05) is 45.1 Å². The Morgan fingerprint density at radius 3 is 2.65 bits per heavy atom. The highest BCUT2D eigenvalue weighted by Gasteiger charge is 2.27. The molecule has 2 fully saturated rings. The van der Waals surface area contributed by atoms with Gasteiger partial charge in [-0.2, -0.15) is 0 Å². The molecule has 0 unspecified atom stereocenters. The Bertz CT molecular complexity index is 573. The monoisotopic (exact) mass is 353 g/mol. The molecule has 0 atom stereocenters. The van der Waals surface area contributed by atoms with Crippen molar-refractivity contribution in [1.82, 2.24) is 9.80 Å². The Morgan fingerprint density at radius 2 is 1.91 bits per heavy atom. The van der Waals surface area contributed by atoms with Gasteiger partial charge in [0.05, 0.1) is 24.7 Å². The first kappa shape index (κ1) is 16.8. The van der Waals surface area contributed by atoms with Crippen molar-refractivity contribution in [3.8, 4) is 0 Å². The average Bonchev–Trinajstić information content (AvgIpc) is 2.91. The number of amides is 1. The number of hydrogen-bond acceptors (Lipinski definition) is 5. The molecule has 0 N–H and O–H groups in total. The lowest BCUT2D eigenvalue weighted by Crippen LogP contribution is -2.39. The lowest BCUT2D eigenvalue weighted by atomic mass is 10.3. The van der Waals surface area contributed by atoms with E-state index < -0.39 is 0 Å². The number of thioether (sulfide) groups is 1. The molecule has 2 heterocycles. The van der Waals surface area contributed by atoms with Crippen LogP contribution in [0.25, 0.3) is 0 Å². The molecule has 1 aromatic rings. The molecule has 0 aliphatic carbocycles. The summed E-state index contributed by atoms with van der Waals surface area (Å²) >= 11 is 7.39. The second-order valence-electron chi connectivity index (χ2n) is 5.51. The second-order valence-corrected chi connectivity index (χ2v) is 6.89. The van der Waals surface area contributed by atoms with Crippen molar-refractivity contribution in [2.24, 2.45) is 4.99 Å². The van der Waals surface area contributed by atoms with Gasteiger partial charge in [0.1, 0.15) is 0 Å². The molecular formula is C16H20ClN3O2S. The zero-order valence-electron chi connectivity index (χ0n) is 12.9. The standard InChI is InChI=1S/C16H20ClN3O2S/c17-13-2-4-14(5-3-13)18-16-20(15(21)12-23-16)7-1-6-19-8-10-22-11-9-19/h2-5H,1,6-12H2. The van der Waals surface area contributed by atoms with Gasteiger partial charge in [0.15, 0.2) is 5.17 Å². The lowest BCUT2D eigenvalue weighted by Gasteiger charge is -2.27. The topological polar surface area (TPSA) is 45.1 Å². The van der Waals surface area contributed by atoms with Crippen molar-refractivity contribution in [1.29, 1.82) is 0 Å². The maximum absolute atomic E-state index is 12.1. The average molecular weight is 354 g/mol. The summed E-state index contributed by atoms with van der Waals surface area (Å²) < 4.78 is 5.35. The number of carbonyl (C=O) groups is 1. The van der Waals surface area contributed by atoms with Gasteiger partial charge in [0.2, 0.25) is 5.91 Å². The number of rotatable bonds is 5. The Hall–Kier alpha value is -1.08. The van der Waals surface area contributed by atoms with Crippen LogP contribution in [0.3, 0.4) is 0 Å². The molecule has 0 aromatic heterocycles. The Balaban J connectivity index is 1.57. The first-order valence-electron chi connectivity index (χ1n) is 7.80. The fraction of sp³-hybridized carbons (Fsp3) is 0.500. The molecule has 1 aromatic carbocycles. The van der Waals surface area contributed by atoms with Crippen molar-refractivity contribution in [2.45, 2.75) is 6.42 Å². The summed E-state index contributed by atoms with van der Waals surface area (Å²) in [6, 6.07) is 7.35. The van der Waals surface area contributed by atoms with Gasteiger partial charge in [-0.1, -0.05) is 23.4 Å². The molecule has 124 valence electrons. The van der Waals surface area contributed by atoms with E-state index in [1.807, 2.05) is 24.3 Å². The third kappa shape index (κ3) is 4.70. The predicted octanol–water partition coefficient (Wildman–Crippen LogP) is 2.63. The minimum absolute atomic E-state index is 0.143. The van der Waals surface area contributed by atoms with E-state index in [2.05, 4.69) is 9.89 Å². The van der Waals surface area contributed by atoms with Crippen LogP contribution in [0, 0.1) is 0 Å². The van der Waals surface area contributed by atoms with Crippen LogP contribution in [0.1, 0.15) is 6.42 Å². The number of aliphatic imine (C=N–C) groups is 1. The third-order valence-electron chi connectivity index (χ3n) is 3.87. The van der Waals surface area contributed by atoms with E-state index in [-0.39, 0.29) is 5.91 Å². The zero-order valence-corrected chi connectivity index (χ0v) is 14.5. The van der Waals surface area contributed by atoms with Gasteiger partial charge in [-0.15, -0.1) is 0 Å². The number of nitrogens with zero attached hydrogens (tertiary/aromatic N) is 3. The first-order chi connectivity index (χ1) is 11.2. The number of morpholine rings is 1. The molecule has 7 heteroatoms. The summed E-state index contributed by atoms with van der Waals surface area (Å²) in [6.07, 6.45) is 0.950. The number of benzene rings is 1. The van der Waals surface area contributed by atoms with Crippen LogP contribution in [0.2, 0.25) is 5.02 Å². The van der Waals surface area contributed by atoms with E-state index in [0.717, 1.165) is 56.7 Å². The van der Waals surface area contributed by atoms with Crippen LogP contribution in [0.15, 0.2) is 29.3 Å². The van der Waals surface area contributed by atoms with E-state index >= 15 is 0 Å². The number of ether oxygens (including phenoxy) is 1. The fourth-order valence-electron chi connectivity index (χ4n) is 2.61. The van der Waals surface area contributed by atoms with Gasteiger partial charge < -0.3 is 4.74 Å². The molecule has 0 spiro atoms. The smallest absolute Gasteiger partial charge is 0.239 e. The highest BCUT2D eigenvalue weighted by molar-refractivity contribution is 8.15. The van der Waals surface area contributed by atoms with Crippen LogP contribution in [0.5, 0.6) is 0 Å². The fourth-order valence-corrected chi connectivity index (χ4v) is 3.66. The van der Waals surface area contributed by atoms with Crippen LogP contribution < -0.4 is 0 Å². The third-order valence-corrected chi connectivity index (χ3v) is 5.08. The van der Waals surface area contributed by atoms with Crippen LogP contribution >= 0.6 is 23.4 Å². The van der Waals surface area contributed by atoms with E-state index in [0.29, 0.717) is 10.8 Å². The summed E-state index contributed by atoms with van der Waals surface area (Å²) in [5, 5.41) is 1.48. The van der Waals surface area contributed by atoms with Gasteiger partial charge in [0.25, 0.3) is 0 Å². The van der Waals surface area contributed by atoms with Crippen LogP contribution in [-0.2, 0) is 9.53 Å². The van der Waals surface area contributed by atoms with Gasteiger partial charge in [0, 0.05) is 31.2 Å². The summed E-state index contributed by atoms with van der Waals surface area (Å²) in [5.41, 5.74) is 0.824. The highest BCUT2D eigenvalue weighted by atomic mass is 35.5. The number of carbonyl (C=O) groups excluding carboxylic acids is 1. The largest absolute Gasteiger partial charge is 0.379 e. The quantitative estimate of drug-likeness (QED) is 0.816. The maximum atomic E-state index is 12.1. The lowest BCUT2D eigenvalue weighted by molar-refractivity contribution is -0.124. The van der Waals surface area contributed by atoms with E-state index in [4.69, 9.17) is 16.3 Å². The summed E-state index contributed by atoms with van der Waals surface area (Å²) in [7, 11) is 0. The predicted molar refractivity (Wildman–Crippen MR) is 94.6 cm³/mol. The Kier molecular flexibility index (Phi) is 5.94. The molecule has 1 amide bonds. The van der Waals surface area contributed by atoms with Crippen molar-refractivity contribution in [3.63, 3.8) is 0 Å². The van der Waals surface area contributed by atoms with Crippen molar-refractivity contribution < 1.29 is 9.53 Å². The SMILES string of the molecule is O=C1CSC(=Nc2ccc(Cl)cc2)N1CCCN1CCOCC1. The van der Waals surface area contributed by atoms with Crippen molar-refractivity contribution in [3.05, 3.63) is 29.3 Å². The van der Waals surface area contributed by atoms with E-state index in [1.165, 1.54) is 11.8 Å². The molecule has 2 aliphatic rings. The molecule has 0 radical (unpaired) electrons. The molecular weight excluding hydrogens is 334 g/mol. The van der Waals surface area contributed by atoms with Gasteiger partial charge in [-0.05, 0) is 30.7 Å². The summed E-state index contributed by atoms with van der Waals surface area (Å²) in [5.74, 6) is 0.619. The normalized spacial score (nSPS) is 21.3. The van der Waals surface area contributed by atoms with Gasteiger partial charge in [-0.3, -0.25) is 14.6 Å². The molecule has 5 nitrogen and oxygen atoms in total. The van der Waals surface area contributed by atoms with Crippen molar-refractivity contribution >= 4 is 40.1 Å². The molecule has 23 heavy (non-hydrogen) atoms. The Morgan fingerprint density at radius 1 is 1.17 bits per heavy atom. The molecule has 2 aliphatic heterocycles. The Labute approximate surface area is 145 Å². The number of halogens is 1. The zero-order chi connectivity index (χ0) is 16.1. The van der Waals surface area contributed by atoms with E-state index in [1.54, 1.807) is 4.90 Å². The molecule has 3 rings (SSSR count). The van der Waals surface area contributed by atoms with Gasteiger partial charge >= 0.3 is 0 Å². The summed E-state index contributed by atoms with van der Waals surface area (Å²) in [4.78, 5) is 20.9. The minimum atomic E-state index is 0.143. The second kappa shape index (κ2) is 8.15. The maximum Gasteiger partial charge on any atom is 0.239 e. The summed E-state index contributed by atoms with van der Waals surface area (Å²) in [6.45, 7) is 5.29. The first-order valence-corrected chi connectivity index (χ1v) is 9.16. The van der Waals surface area contributed by atoms with E-state index in [9.17, 15) is 4.79 Å².